The first-order chi connectivity index (χ1) is 8.31. The van der Waals surface area contributed by atoms with Gasteiger partial charge in [-0.3, -0.25) is 9.69 Å². The van der Waals surface area contributed by atoms with Gasteiger partial charge in [-0.05, 0) is 20.8 Å². The average Bonchev–Trinajstić information content (AvgIpc) is 2.23. The van der Waals surface area contributed by atoms with Crippen molar-refractivity contribution >= 4 is 17.7 Å². The molecule has 2 atom stereocenters. The molecule has 1 aliphatic rings. The molecular formula is C13H27N3OS. The van der Waals surface area contributed by atoms with Gasteiger partial charge in [-0.25, -0.2) is 0 Å². The summed E-state index contributed by atoms with van der Waals surface area (Å²) in [7, 11) is 0. The Bertz CT molecular complexity index is 278. The Morgan fingerprint density at radius 1 is 1.56 bits per heavy atom. The maximum Gasteiger partial charge on any atom is 0.222 e. The van der Waals surface area contributed by atoms with E-state index >= 15 is 0 Å². The van der Waals surface area contributed by atoms with E-state index in [2.05, 4.69) is 17.1 Å². The quantitative estimate of drug-likeness (QED) is 0.804. The second-order valence-electron chi connectivity index (χ2n) is 6.07. The zero-order chi connectivity index (χ0) is 13.8. The van der Waals surface area contributed by atoms with E-state index in [1.54, 1.807) is 0 Å². The van der Waals surface area contributed by atoms with Crippen LogP contribution in [0.5, 0.6) is 0 Å². The van der Waals surface area contributed by atoms with Crippen molar-refractivity contribution in [3.63, 3.8) is 0 Å². The SMILES string of the molecule is CC1CN(C(CN)CC(=O)NC(C)(C)C)CCS1. The van der Waals surface area contributed by atoms with Crippen LogP contribution in [0.25, 0.3) is 0 Å². The summed E-state index contributed by atoms with van der Waals surface area (Å²) in [5, 5.41) is 3.65. The van der Waals surface area contributed by atoms with E-state index in [9.17, 15) is 4.79 Å². The molecule has 0 saturated carbocycles. The molecule has 0 aromatic heterocycles. The minimum atomic E-state index is -0.165. The Balaban J connectivity index is 2.48. The molecule has 0 aliphatic carbocycles. The van der Waals surface area contributed by atoms with Crippen LogP contribution in [0, 0.1) is 0 Å². The van der Waals surface area contributed by atoms with Gasteiger partial charge in [0.2, 0.25) is 5.91 Å². The normalized spacial score (nSPS) is 23.7. The standard InChI is InChI=1S/C13H27N3OS/c1-10-9-16(5-6-18-10)11(8-14)7-12(17)15-13(2,3)4/h10-11H,5-9,14H2,1-4H3,(H,15,17). The van der Waals surface area contributed by atoms with E-state index in [4.69, 9.17) is 5.73 Å². The summed E-state index contributed by atoms with van der Waals surface area (Å²) in [6.07, 6.45) is 0.505. The number of carbonyl (C=O) groups is 1. The molecule has 18 heavy (non-hydrogen) atoms. The van der Waals surface area contributed by atoms with Gasteiger partial charge in [-0.15, -0.1) is 0 Å². The van der Waals surface area contributed by atoms with Crippen LogP contribution >= 0.6 is 11.8 Å². The number of thioether (sulfide) groups is 1. The number of hydrogen-bond acceptors (Lipinski definition) is 4. The Hall–Kier alpha value is -0.260. The molecule has 0 aromatic rings. The zero-order valence-electron chi connectivity index (χ0n) is 12.0. The van der Waals surface area contributed by atoms with Crippen molar-refractivity contribution in [3.05, 3.63) is 0 Å². The molecule has 1 heterocycles. The third kappa shape index (κ3) is 5.59. The Kier molecular flexibility index (Phi) is 5.95. The second kappa shape index (κ2) is 6.78. The second-order valence-corrected chi connectivity index (χ2v) is 7.61. The number of nitrogens with one attached hydrogen (secondary N) is 1. The van der Waals surface area contributed by atoms with Crippen LogP contribution in [0.4, 0.5) is 0 Å². The highest BCUT2D eigenvalue weighted by Crippen LogP contribution is 2.20. The molecule has 1 rings (SSSR count). The van der Waals surface area contributed by atoms with E-state index in [0.29, 0.717) is 18.2 Å². The average molecular weight is 273 g/mol. The predicted molar refractivity (Wildman–Crippen MR) is 78.8 cm³/mol. The number of carbonyl (C=O) groups excluding carboxylic acids is 1. The monoisotopic (exact) mass is 273 g/mol. The molecule has 1 saturated heterocycles. The summed E-state index contributed by atoms with van der Waals surface area (Å²) in [6.45, 7) is 10.9. The first kappa shape index (κ1) is 15.8. The summed E-state index contributed by atoms with van der Waals surface area (Å²) in [5.74, 6) is 1.24. The summed E-state index contributed by atoms with van der Waals surface area (Å²) < 4.78 is 0. The van der Waals surface area contributed by atoms with E-state index in [1.165, 1.54) is 0 Å². The van der Waals surface area contributed by atoms with Gasteiger partial charge < -0.3 is 11.1 Å². The lowest BCUT2D eigenvalue weighted by molar-refractivity contribution is -0.123. The minimum Gasteiger partial charge on any atom is -0.351 e. The van der Waals surface area contributed by atoms with Crippen LogP contribution in [0.2, 0.25) is 0 Å². The number of amides is 1. The number of hydrogen-bond donors (Lipinski definition) is 2. The molecular weight excluding hydrogens is 246 g/mol. The van der Waals surface area contributed by atoms with Crippen LogP contribution in [0.15, 0.2) is 0 Å². The summed E-state index contributed by atoms with van der Waals surface area (Å²) in [5.41, 5.74) is 5.67. The van der Waals surface area contributed by atoms with Crippen LogP contribution in [0.1, 0.15) is 34.1 Å². The Labute approximate surface area is 115 Å². The predicted octanol–water partition coefficient (Wildman–Crippen LogP) is 1.06. The Morgan fingerprint density at radius 3 is 2.72 bits per heavy atom. The van der Waals surface area contributed by atoms with Crippen LogP contribution in [0.3, 0.4) is 0 Å². The third-order valence-electron chi connectivity index (χ3n) is 3.00. The topological polar surface area (TPSA) is 58.4 Å². The molecule has 5 heteroatoms. The molecule has 2 unspecified atom stereocenters. The van der Waals surface area contributed by atoms with Crippen molar-refractivity contribution in [2.75, 3.05) is 25.4 Å². The molecule has 0 spiro atoms. The van der Waals surface area contributed by atoms with Crippen LogP contribution in [-0.4, -0.2) is 53.0 Å². The van der Waals surface area contributed by atoms with Gasteiger partial charge in [0.1, 0.15) is 0 Å². The molecule has 4 nitrogen and oxygen atoms in total. The van der Waals surface area contributed by atoms with Gasteiger partial charge >= 0.3 is 0 Å². The number of nitrogens with two attached hydrogens (primary N) is 1. The van der Waals surface area contributed by atoms with Crippen molar-refractivity contribution in [1.82, 2.24) is 10.2 Å². The first-order valence-corrected chi connectivity index (χ1v) is 7.73. The van der Waals surface area contributed by atoms with Gasteiger partial charge in [0.15, 0.2) is 0 Å². The van der Waals surface area contributed by atoms with Gasteiger partial charge in [-0.1, -0.05) is 6.92 Å². The molecule has 1 amide bonds. The third-order valence-corrected chi connectivity index (χ3v) is 4.13. The van der Waals surface area contributed by atoms with Crippen molar-refractivity contribution in [3.8, 4) is 0 Å². The van der Waals surface area contributed by atoms with Crippen LogP contribution < -0.4 is 11.1 Å². The maximum atomic E-state index is 12.0. The lowest BCUT2D eigenvalue weighted by atomic mass is 10.1. The fourth-order valence-electron chi connectivity index (χ4n) is 2.22. The van der Waals surface area contributed by atoms with E-state index in [0.717, 1.165) is 18.8 Å². The highest BCUT2D eigenvalue weighted by molar-refractivity contribution is 7.99. The van der Waals surface area contributed by atoms with Crippen molar-refractivity contribution in [2.45, 2.75) is 50.9 Å². The number of rotatable bonds is 4. The van der Waals surface area contributed by atoms with E-state index < -0.39 is 0 Å². The Morgan fingerprint density at radius 2 is 2.22 bits per heavy atom. The van der Waals surface area contributed by atoms with Crippen LogP contribution in [-0.2, 0) is 4.79 Å². The smallest absolute Gasteiger partial charge is 0.222 e. The van der Waals surface area contributed by atoms with Gasteiger partial charge in [0, 0.05) is 48.6 Å². The molecule has 1 aliphatic heterocycles. The lowest BCUT2D eigenvalue weighted by Gasteiger charge is -2.36. The lowest BCUT2D eigenvalue weighted by Crippen LogP contribution is -2.50. The molecule has 3 N–H and O–H groups in total. The van der Waals surface area contributed by atoms with E-state index in [-0.39, 0.29) is 17.5 Å². The van der Waals surface area contributed by atoms with E-state index in [1.807, 2.05) is 32.5 Å². The van der Waals surface area contributed by atoms with Crippen molar-refractivity contribution < 1.29 is 4.79 Å². The zero-order valence-corrected chi connectivity index (χ0v) is 12.8. The highest BCUT2D eigenvalue weighted by Gasteiger charge is 2.26. The van der Waals surface area contributed by atoms with Gasteiger partial charge in [-0.2, -0.15) is 11.8 Å². The van der Waals surface area contributed by atoms with Crippen molar-refractivity contribution in [1.29, 1.82) is 0 Å². The number of nitrogens with zero attached hydrogens (tertiary/aromatic N) is 1. The van der Waals surface area contributed by atoms with Crippen molar-refractivity contribution in [2.24, 2.45) is 5.73 Å². The van der Waals surface area contributed by atoms with Gasteiger partial charge in [0.25, 0.3) is 0 Å². The molecule has 0 radical (unpaired) electrons. The fraction of sp³-hybridized carbons (Fsp3) is 0.923. The largest absolute Gasteiger partial charge is 0.351 e. The summed E-state index contributed by atoms with van der Waals surface area (Å²) in [6, 6.07) is 0.177. The fourth-order valence-corrected chi connectivity index (χ4v) is 3.26. The summed E-state index contributed by atoms with van der Waals surface area (Å²) in [4.78, 5) is 14.3. The molecule has 0 bridgehead atoms. The molecule has 1 fully saturated rings. The maximum absolute atomic E-state index is 12.0. The molecule has 0 aromatic carbocycles. The first-order valence-electron chi connectivity index (χ1n) is 6.68. The minimum absolute atomic E-state index is 0.101. The van der Waals surface area contributed by atoms with Gasteiger partial charge in [0.05, 0.1) is 0 Å². The highest BCUT2D eigenvalue weighted by atomic mass is 32.2. The molecule has 106 valence electrons. The summed E-state index contributed by atoms with van der Waals surface area (Å²) >= 11 is 2.00.